The fourth-order valence-electron chi connectivity index (χ4n) is 1.44. The number of hydrogen-bond acceptors (Lipinski definition) is 3. The second-order valence-corrected chi connectivity index (χ2v) is 4.43. The molecule has 0 aliphatic rings. The predicted octanol–water partition coefficient (Wildman–Crippen LogP) is 3.16. The number of anilines is 1. The van der Waals surface area contributed by atoms with E-state index in [4.69, 9.17) is 10.2 Å². The largest absolute Gasteiger partial charge is 0.458 e. The molecule has 4 heteroatoms. The van der Waals surface area contributed by atoms with E-state index in [1.165, 1.54) is 0 Å². The number of furan rings is 1. The van der Waals surface area contributed by atoms with Gasteiger partial charge < -0.3 is 10.2 Å². The van der Waals surface area contributed by atoms with Gasteiger partial charge in [0, 0.05) is 15.7 Å². The van der Waals surface area contributed by atoms with Gasteiger partial charge in [0.25, 0.3) is 0 Å². The summed E-state index contributed by atoms with van der Waals surface area (Å²) in [4.78, 5) is 12.0. The molecule has 0 saturated carbocycles. The highest BCUT2D eigenvalue weighted by Crippen LogP contribution is 2.20. The smallest absolute Gasteiger partial charge is 0.228 e. The lowest BCUT2D eigenvalue weighted by atomic mass is 10.1. The summed E-state index contributed by atoms with van der Waals surface area (Å²) in [6.45, 7) is 1.80. The fraction of sp³-hybridized carbons (Fsp3) is 0.0833. The van der Waals surface area contributed by atoms with E-state index in [-0.39, 0.29) is 5.78 Å². The van der Waals surface area contributed by atoms with Gasteiger partial charge in [-0.2, -0.15) is 0 Å². The molecule has 0 aliphatic heterocycles. The number of halogens is 1. The molecule has 82 valence electrons. The summed E-state index contributed by atoms with van der Waals surface area (Å²) in [5.74, 6) is 0.877. The average molecular weight is 280 g/mol. The highest BCUT2D eigenvalue weighted by Gasteiger charge is 2.13. The first-order valence-electron chi connectivity index (χ1n) is 4.73. The lowest BCUT2D eigenvalue weighted by molar-refractivity contribution is 0.101. The lowest BCUT2D eigenvalue weighted by Gasteiger charge is -2.01. The molecule has 1 aromatic carbocycles. The minimum atomic E-state index is -0.166. The van der Waals surface area contributed by atoms with Gasteiger partial charge in [0.2, 0.25) is 5.78 Å². The van der Waals surface area contributed by atoms with E-state index in [2.05, 4.69) is 15.9 Å². The number of carbonyl (C=O) groups is 1. The molecule has 16 heavy (non-hydrogen) atoms. The van der Waals surface area contributed by atoms with E-state index in [0.29, 0.717) is 22.8 Å². The zero-order chi connectivity index (χ0) is 11.7. The van der Waals surface area contributed by atoms with Crippen LogP contribution < -0.4 is 5.73 Å². The van der Waals surface area contributed by atoms with E-state index < -0.39 is 0 Å². The van der Waals surface area contributed by atoms with Gasteiger partial charge in [0.05, 0.1) is 0 Å². The maximum atomic E-state index is 12.0. The Morgan fingerprint density at radius 2 is 2.06 bits per heavy atom. The number of aryl methyl sites for hydroxylation is 1. The van der Waals surface area contributed by atoms with E-state index in [1.807, 2.05) is 0 Å². The van der Waals surface area contributed by atoms with Crippen LogP contribution in [-0.2, 0) is 0 Å². The highest BCUT2D eigenvalue weighted by molar-refractivity contribution is 9.10. The molecule has 0 amide bonds. The highest BCUT2D eigenvalue weighted by atomic mass is 79.9. The molecule has 0 atom stereocenters. The van der Waals surface area contributed by atoms with Crippen molar-refractivity contribution in [1.29, 1.82) is 0 Å². The second kappa shape index (κ2) is 4.14. The van der Waals surface area contributed by atoms with Crippen molar-refractivity contribution in [2.75, 3.05) is 5.73 Å². The first-order valence-corrected chi connectivity index (χ1v) is 5.53. The molecule has 1 aromatic heterocycles. The Morgan fingerprint density at radius 3 is 2.62 bits per heavy atom. The Balaban J connectivity index is 2.41. The number of hydrogen-bond donors (Lipinski definition) is 1. The number of rotatable bonds is 2. The van der Waals surface area contributed by atoms with E-state index in [0.717, 1.165) is 4.47 Å². The Morgan fingerprint density at radius 1 is 1.31 bits per heavy atom. The van der Waals surface area contributed by atoms with Crippen LogP contribution in [0.15, 0.2) is 39.2 Å². The fourth-order valence-corrected chi connectivity index (χ4v) is 1.95. The van der Waals surface area contributed by atoms with E-state index >= 15 is 0 Å². The van der Waals surface area contributed by atoms with Crippen LogP contribution in [0, 0.1) is 6.92 Å². The van der Waals surface area contributed by atoms with Gasteiger partial charge in [0.1, 0.15) is 5.76 Å². The number of nitrogens with two attached hydrogens (primary N) is 1. The van der Waals surface area contributed by atoms with Crippen molar-refractivity contribution >= 4 is 27.4 Å². The Kier molecular flexibility index (Phi) is 2.83. The summed E-state index contributed by atoms with van der Waals surface area (Å²) in [5, 5.41) is 0. The van der Waals surface area contributed by atoms with Gasteiger partial charge in [-0.3, -0.25) is 4.79 Å². The number of ketones is 1. The first-order chi connectivity index (χ1) is 7.56. The molecule has 3 nitrogen and oxygen atoms in total. The molecular formula is C12H10BrNO2. The molecule has 2 N–H and O–H groups in total. The summed E-state index contributed by atoms with van der Waals surface area (Å²) in [6, 6.07) is 8.51. The number of nitrogen functional groups attached to an aromatic ring is 1. The Bertz CT molecular complexity index is 525. The van der Waals surface area contributed by atoms with Crippen LogP contribution >= 0.6 is 15.9 Å². The SMILES string of the molecule is Cc1ccc(C(=O)c2cc(N)cc(Br)c2)o1. The molecule has 2 rings (SSSR count). The van der Waals surface area contributed by atoms with Crippen LogP contribution in [0.1, 0.15) is 21.9 Å². The van der Waals surface area contributed by atoms with Crippen molar-refractivity contribution in [3.63, 3.8) is 0 Å². The van der Waals surface area contributed by atoms with Crippen molar-refractivity contribution in [2.45, 2.75) is 6.92 Å². The van der Waals surface area contributed by atoms with Crippen molar-refractivity contribution in [3.05, 3.63) is 51.9 Å². The normalized spacial score (nSPS) is 10.4. The maximum absolute atomic E-state index is 12.0. The second-order valence-electron chi connectivity index (χ2n) is 3.51. The van der Waals surface area contributed by atoms with Gasteiger partial charge in [-0.05, 0) is 37.3 Å². The molecule has 2 aromatic rings. The lowest BCUT2D eigenvalue weighted by Crippen LogP contribution is -2.00. The van der Waals surface area contributed by atoms with Gasteiger partial charge in [-0.25, -0.2) is 0 Å². The van der Waals surface area contributed by atoms with Crippen LogP contribution in [0.3, 0.4) is 0 Å². The summed E-state index contributed by atoms with van der Waals surface area (Å²) < 4.78 is 6.05. The minimum absolute atomic E-state index is 0.166. The summed E-state index contributed by atoms with van der Waals surface area (Å²) in [6.07, 6.45) is 0. The van der Waals surface area contributed by atoms with E-state index in [9.17, 15) is 4.79 Å². The zero-order valence-electron chi connectivity index (χ0n) is 8.66. The number of benzene rings is 1. The third-order valence-electron chi connectivity index (χ3n) is 2.15. The van der Waals surface area contributed by atoms with Crippen molar-refractivity contribution in [1.82, 2.24) is 0 Å². The third kappa shape index (κ3) is 2.17. The third-order valence-corrected chi connectivity index (χ3v) is 2.60. The topological polar surface area (TPSA) is 56.2 Å². The number of carbonyl (C=O) groups excluding carboxylic acids is 1. The Hall–Kier alpha value is -1.55. The average Bonchev–Trinajstić information content (AvgIpc) is 2.62. The predicted molar refractivity (Wildman–Crippen MR) is 65.4 cm³/mol. The molecule has 0 fully saturated rings. The molecule has 0 spiro atoms. The van der Waals surface area contributed by atoms with Crippen LogP contribution in [-0.4, -0.2) is 5.78 Å². The van der Waals surface area contributed by atoms with Crippen molar-refractivity contribution in [3.8, 4) is 0 Å². The maximum Gasteiger partial charge on any atom is 0.228 e. The standard InChI is InChI=1S/C12H10BrNO2/c1-7-2-3-11(16-7)12(15)8-4-9(13)6-10(14)5-8/h2-6H,14H2,1H3. The summed E-state index contributed by atoms with van der Waals surface area (Å²) in [7, 11) is 0. The molecule has 0 saturated heterocycles. The molecule has 0 unspecified atom stereocenters. The van der Waals surface area contributed by atoms with Crippen molar-refractivity contribution in [2.24, 2.45) is 0 Å². The monoisotopic (exact) mass is 279 g/mol. The van der Waals surface area contributed by atoms with Gasteiger partial charge >= 0.3 is 0 Å². The van der Waals surface area contributed by atoms with Gasteiger partial charge in [-0.15, -0.1) is 0 Å². The van der Waals surface area contributed by atoms with Crippen LogP contribution in [0.25, 0.3) is 0 Å². The molecular weight excluding hydrogens is 270 g/mol. The summed E-state index contributed by atoms with van der Waals surface area (Å²) in [5.41, 5.74) is 6.73. The minimum Gasteiger partial charge on any atom is -0.458 e. The molecule has 0 aliphatic carbocycles. The summed E-state index contributed by atoms with van der Waals surface area (Å²) >= 11 is 3.30. The van der Waals surface area contributed by atoms with Crippen molar-refractivity contribution < 1.29 is 9.21 Å². The Labute approximate surface area is 101 Å². The first kappa shape index (κ1) is 11.0. The quantitative estimate of drug-likeness (QED) is 0.679. The van der Waals surface area contributed by atoms with Crippen LogP contribution in [0.5, 0.6) is 0 Å². The van der Waals surface area contributed by atoms with Gasteiger partial charge in [-0.1, -0.05) is 15.9 Å². The van der Waals surface area contributed by atoms with Gasteiger partial charge in [0.15, 0.2) is 5.76 Å². The molecule has 1 heterocycles. The van der Waals surface area contributed by atoms with Crippen LogP contribution in [0.4, 0.5) is 5.69 Å². The van der Waals surface area contributed by atoms with E-state index in [1.54, 1.807) is 37.3 Å². The zero-order valence-corrected chi connectivity index (χ0v) is 10.2. The molecule has 0 bridgehead atoms. The molecule has 0 radical (unpaired) electrons. The van der Waals surface area contributed by atoms with Crippen LogP contribution in [0.2, 0.25) is 0 Å².